The molecule has 0 aliphatic rings. The van der Waals surface area contributed by atoms with Crippen LogP contribution in [0.25, 0.3) is 10.8 Å². The van der Waals surface area contributed by atoms with Crippen molar-refractivity contribution in [1.29, 1.82) is 0 Å². The summed E-state index contributed by atoms with van der Waals surface area (Å²) < 4.78 is 10.7. The molecule has 0 bridgehead atoms. The zero-order valence-corrected chi connectivity index (χ0v) is 16.0. The van der Waals surface area contributed by atoms with Gasteiger partial charge in [-0.1, -0.05) is 48.5 Å². The molecule has 0 heterocycles. The molecular formula is C23H25NO3. The van der Waals surface area contributed by atoms with Crippen molar-refractivity contribution in [2.75, 3.05) is 14.2 Å². The van der Waals surface area contributed by atoms with Crippen LogP contribution in [0.4, 0.5) is 0 Å². The number of amides is 1. The maximum atomic E-state index is 12.5. The van der Waals surface area contributed by atoms with Gasteiger partial charge in [-0.05, 0) is 41.3 Å². The van der Waals surface area contributed by atoms with E-state index in [1.54, 1.807) is 14.2 Å². The maximum Gasteiger partial charge on any atom is 0.224 e. The Morgan fingerprint density at radius 2 is 1.74 bits per heavy atom. The van der Waals surface area contributed by atoms with Gasteiger partial charge in [-0.15, -0.1) is 0 Å². The molecule has 0 saturated carbocycles. The van der Waals surface area contributed by atoms with Crippen molar-refractivity contribution in [3.63, 3.8) is 0 Å². The highest BCUT2D eigenvalue weighted by Crippen LogP contribution is 2.25. The zero-order chi connectivity index (χ0) is 19.2. The van der Waals surface area contributed by atoms with Crippen LogP contribution in [-0.4, -0.2) is 26.2 Å². The summed E-state index contributed by atoms with van der Waals surface area (Å²) >= 11 is 0. The minimum absolute atomic E-state index is 0.00484. The summed E-state index contributed by atoms with van der Waals surface area (Å²) in [5.41, 5.74) is 2.08. The predicted molar refractivity (Wildman–Crippen MR) is 109 cm³/mol. The van der Waals surface area contributed by atoms with Crippen LogP contribution >= 0.6 is 0 Å². The van der Waals surface area contributed by atoms with Gasteiger partial charge in [0.15, 0.2) is 0 Å². The fourth-order valence-corrected chi connectivity index (χ4v) is 3.35. The van der Waals surface area contributed by atoms with Crippen LogP contribution in [0.15, 0.2) is 60.7 Å². The summed E-state index contributed by atoms with van der Waals surface area (Å²) in [4.78, 5) is 12.5. The Hall–Kier alpha value is -3.01. The second-order valence-electron chi connectivity index (χ2n) is 6.67. The number of hydrogen-bond acceptors (Lipinski definition) is 3. The summed E-state index contributed by atoms with van der Waals surface area (Å²) in [5.74, 6) is 1.54. The number of carbonyl (C=O) groups excluding carboxylic acids is 1. The molecule has 0 unspecified atom stereocenters. The second kappa shape index (κ2) is 8.58. The van der Waals surface area contributed by atoms with Gasteiger partial charge in [0, 0.05) is 12.1 Å². The Morgan fingerprint density at radius 3 is 2.52 bits per heavy atom. The van der Waals surface area contributed by atoms with Gasteiger partial charge in [0.25, 0.3) is 0 Å². The Morgan fingerprint density at radius 1 is 0.963 bits per heavy atom. The highest BCUT2D eigenvalue weighted by Gasteiger charge is 2.13. The van der Waals surface area contributed by atoms with E-state index in [4.69, 9.17) is 9.47 Å². The van der Waals surface area contributed by atoms with Crippen molar-refractivity contribution in [1.82, 2.24) is 5.32 Å². The number of hydrogen-bond donors (Lipinski definition) is 1. The molecule has 3 rings (SSSR count). The molecule has 27 heavy (non-hydrogen) atoms. The number of methoxy groups -OCH3 is 2. The summed E-state index contributed by atoms with van der Waals surface area (Å²) in [6.07, 6.45) is 1.06. The molecule has 4 heteroatoms. The summed E-state index contributed by atoms with van der Waals surface area (Å²) in [6, 6.07) is 19.9. The second-order valence-corrected chi connectivity index (χ2v) is 6.67. The van der Waals surface area contributed by atoms with Crippen LogP contribution in [0.3, 0.4) is 0 Å². The number of carbonyl (C=O) groups is 1. The zero-order valence-electron chi connectivity index (χ0n) is 16.0. The highest BCUT2D eigenvalue weighted by atomic mass is 16.5. The Labute approximate surface area is 160 Å². The van der Waals surface area contributed by atoms with E-state index >= 15 is 0 Å². The normalized spacial score (nSPS) is 11.8. The third kappa shape index (κ3) is 4.59. The standard InChI is InChI=1S/C23H25NO3/c1-16(13-19-11-12-20(26-2)15-22(19)27-3)24-23(25)14-18-9-6-8-17-7-4-5-10-21(17)18/h4-12,15-16H,13-14H2,1-3H3,(H,24,25)/t16-/m1/s1. The lowest BCUT2D eigenvalue weighted by Crippen LogP contribution is -2.35. The first-order valence-corrected chi connectivity index (χ1v) is 9.07. The third-order valence-corrected chi connectivity index (χ3v) is 4.66. The topological polar surface area (TPSA) is 47.6 Å². The van der Waals surface area contributed by atoms with Gasteiger partial charge >= 0.3 is 0 Å². The molecule has 1 atom stereocenters. The van der Waals surface area contributed by atoms with Gasteiger partial charge in [-0.2, -0.15) is 0 Å². The van der Waals surface area contributed by atoms with E-state index in [1.807, 2.05) is 49.4 Å². The molecule has 1 amide bonds. The minimum atomic E-state index is -0.00484. The van der Waals surface area contributed by atoms with Crippen molar-refractivity contribution in [2.45, 2.75) is 25.8 Å². The van der Waals surface area contributed by atoms with Crippen molar-refractivity contribution >= 4 is 16.7 Å². The van der Waals surface area contributed by atoms with E-state index in [2.05, 4.69) is 23.5 Å². The van der Waals surface area contributed by atoms with E-state index < -0.39 is 0 Å². The van der Waals surface area contributed by atoms with Gasteiger partial charge in [-0.25, -0.2) is 0 Å². The fraction of sp³-hybridized carbons (Fsp3) is 0.261. The number of fused-ring (bicyclic) bond motifs is 1. The van der Waals surface area contributed by atoms with Crippen LogP contribution in [0.1, 0.15) is 18.1 Å². The summed E-state index contributed by atoms with van der Waals surface area (Å²) in [5, 5.41) is 5.37. The fourth-order valence-electron chi connectivity index (χ4n) is 3.35. The first-order valence-electron chi connectivity index (χ1n) is 9.07. The van der Waals surface area contributed by atoms with Crippen LogP contribution in [0.2, 0.25) is 0 Å². The molecule has 0 aliphatic carbocycles. The van der Waals surface area contributed by atoms with Crippen LogP contribution < -0.4 is 14.8 Å². The van der Waals surface area contributed by atoms with Gasteiger partial charge in [-0.3, -0.25) is 4.79 Å². The molecule has 0 aliphatic heterocycles. The van der Waals surface area contributed by atoms with Gasteiger partial charge in [0.1, 0.15) is 11.5 Å². The van der Waals surface area contributed by atoms with E-state index in [1.165, 1.54) is 0 Å². The lowest BCUT2D eigenvalue weighted by atomic mass is 10.0. The van der Waals surface area contributed by atoms with Crippen LogP contribution in [0.5, 0.6) is 11.5 Å². The molecule has 1 N–H and O–H groups in total. The first-order chi connectivity index (χ1) is 13.1. The van der Waals surface area contributed by atoms with Gasteiger partial charge in [0.05, 0.1) is 20.6 Å². The molecular weight excluding hydrogens is 338 g/mol. The van der Waals surface area contributed by atoms with Crippen molar-refractivity contribution in [3.8, 4) is 11.5 Å². The number of benzene rings is 3. The van der Waals surface area contributed by atoms with Gasteiger partial charge < -0.3 is 14.8 Å². The number of rotatable bonds is 7. The molecule has 0 radical (unpaired) electrons. The smallest absolute Gasteiger partial charge is 0.224 e. The predicted octanol–water partition coefficient (Wildman–Crippen LogP) is 4.15. The minimum Gasteiger partial charge on any atom is -0.497 e. The SMILES string of the molecule is COc1ccc(C[C@@H](C)NC(=O)Cc2cccc3ccccc23)c(OC)c1. The van der Waals surface area contributed by atoms with Crippen molar-refractivity contribution in [3.05, 3.63) is 71.8 Å². The monoisotopic (exact) mass is 363 g/mol. The molecule has 3 aromatic rings. The summed E-state index contributed by atoms with van der Waals surface area (Å²) in [7, 11) is 3.27. The summed E-state index contributed by atoms with van der Waals surface area (Å²) in [6.45, 7) is 2.00. The first kappa shape index (κ1) is 18.8. The van der Waals surface area contributed by atoms with Crippen LogP contribution in [-0.2, 0) is 17.6 Å². The average molecular weight is 363 g/mol. The lowest BCUT2D eigenvalue weighted by Gasteiger charge is -2.17. The van der Waals surface area contributed by atoms with E-state index in [-0.39, 0.29) is 11.9 Å². The average Bonchev–Trinajstić information content (AvgIpc) is 2.68. The molecule has 3 aromatic carbocycles. The van der Waals surface area contributed by atoms with Crippen molar-refractivity contribution in [2.24, 2.45) is 0 Å². The third-order valence-electron chi connectivity index (χ3n) is 4.66. The molecule has 0 fully saturated rings. The largest absolute Gasteiger partial charge is 0.497 e. The molecule has 140 valence electrons. The van der Waals surface area contributed by atoms with E-state index in [9.17, 15) is 4.79 Å². The molecule has 0 saturated heterocycles. The maximum absolute atomic E-state index is 12.5. The Bertz CT molecular complexity index is 931. The number of ether oxygens (including phenoxy) is 2. The molecule has 4 nitrogen and oxygen atoms in total. The van der Waals surface area contributed by atoms with Gasteiger partial charge in [0.2, 0.25) is 5.91 Å². The lowest BCUT2D eigenvalue weighted by molar-refractivity contribution is -0.121. The quantitative estimate of drug-likeness (QED) is 0.686. The Kier molecular flexibility index (Phi) is 5.97. The molecule has 0 spiro atoms. The number of nitrogens with one attached hydrogen (secondary N) is 1. The van der Waals surface area contributed by atoms with E-state index in [0.717, 1.165) is 33.4 Å². The molecule has 0 aromatic heterocycles. The Balaban J connectivity index is 1.66. The highest BCUT2D eigenvalue weighted by molar-refractivity contribution is 5.90. The van der Waals surface area contributed by atoms with Crippen molar-refractivity contribution < 1.29 is 14.3 Å². The van der Waals surface area contributed by atoms with E-state index in [0.29, 0.717) is 12.8 Å². The van der Waals surface area contributed by atoms with Crippen LogP contribution in [0, 0.1) is 0 Å².